The lowest BCUT2D eigenvalue weighted by Crippen LogP contribution is -2.57. The number of ether oxygens (including phenoxy) is 2. The second-order valence-electron chi connectivity index (χ2n) is 19.5. The molecule has 8 fully saturated rings. The molecule has 0 aliphatic heterocycles. The Balaban J connectivity index is 1.24. The average Bonchev–Trinajstić information content (AvgIpc) is 2.98. The third kappa shape index (κ3) is 5.18. The molecule has 8 bridgehead atoms. The van der Waals surface area contributed by atoms with Crippen LogP contribution in [-0.4, -0.2) is 22.2 Å². The van der Waals surface area contributed by atoms with Crippen molar-refractivity contribution in [2.24, 2.45) is 33.5 Å². The molecule has 8 aliphatic rings. The summed E-state index contributed by atoms with van der Waals surface area (Å²) >= 11 is 0. The molecule has 6 heteroatoms. The van der Waals surface area contributed by atoms with Gasteiger partial charge in [-0.3, -0.25) is 0 Å². The molecule has 8 aliphatic carbocycles. The van der Waals surface area contributed by atoms with Crippen molar-refractivity contribution >= 4 is 11.9 Å². The molecule has 262 valence electrons. The summed E-state index contributed by atoms with van der Waals surface area (Å²) in [4.78, 5) is 23.4. The van der Waals surface area contributed by atoms with Crippen molar-refractivity contribution in [3.8, 4) is 23.0 Å². The number of carboxylic acid groups (broad SMARTS) is 2. The van der Waals surface area contributed by atoms with Crippen LogP contribution in [0.25, 0.3) is 0 Å². The number of hydrogen-bond acceptors (Lipinski definition) is 4. The molecule has 0 aromatic heterocycles. The monoisotopic (exact) mass is 674 g/mol. The van der Waals surface area contributed by atoms with Gasteiger partial charge in [-0.25, -0.2) is 9.59 Å². The predicted molar refractivity (Wildman–Crippen MR) is 192 cm³/mol. The topological polar surface area (TPSA) is 93.1 Å². The SMILES string of the molecule is CC12CC3CC(C)(C1)CC(c1cc(C45CC6CC(C)(CC(C)(C6)C4)C5)c(Oc4ccc(C(=O)O)cc4)cc1Oc1ccc(C(=O)O)cc1)(C3)C2. The molecule has 2 N–H and O–H groups in total. The van der Waals surface area contributed by atoms with Gasteiger partial charge in [0.2, 0.25) is 0 Å². The first-order valence-electron chi connectivity index (χ1n) is 18.8. The van der Waals surface area contributed by atoms with Gasteiger partial charge in [0.25, 0.3) is 0 Å². The fraction of sp³-hybridized carbons (Fsp3) is 0.545. The fourth-order valence-corrected chi connectivity index (χ4v) is 14.6. The second-order valence-corrected chi connectivity index (χ2v) is 19.5. The maximum absolute atomic E-state index is 11.7. The first-order valence-corrected chi connectivity index (χ1v) is 18.8. The van der Waals surface area contributed by atoms with Crippen LogP contribution in [-0.2, 0) is 10.8 Å². The molecule has 50 heavy (non-hydrogen) atoms. The molecule has 8 saturated carbocycles. The van der Waals surface area contributed by atoms with Crippen molar-refractivity contribution in [3.63, 3.8) is 0 Å². The third-order valence-corrected chi connectivity index (χ3v) is 14.1. The summed E-state index contributed by atoms with van der Waals surface area (Å²) in [6.07, 6.45) is 14.8. The van der Waals surface area contributed by atoms with E-state index >= 15 is 0 Å². The summed E-state index contributed by atoms with van der Waals surface area (Å²) in [6.45, 7) is 10.1. The normalized spacial score (nSPS) is 39.0. The highest BCUT2D eigenvalue weighted by molar-refractivity contribution is 5.88. The Morgan fingerprint density at radius 1 is 0.520 bits per heavy atom. The molecule has 4 atom stereocenters. The maximum atomic E-state index is 11.7. The zero-order chi connectivity index (χ0) is 34.9. The Morgan fingerprint density at radius 3 is 1.16 bits per heavy atom. The quantitative estimate of drug-likeness (QED) is 0.247. The summed E-state index contributed by atoms with van der Waals surface area (Å²) in [5, 5.41) is 19.1. The first-order chi connectivity index (χ1) is 23.6. The van der Waals surface area contributed by atoms with E-state index < -0.39 is 11.9 Å². The van der Waals surface area contributed by atoms with Gasteiger partial charge in [0.05, 0.1) is 11.1 Å². The minimum absolute atomic E-state index is 0.00817. The van der Waals surface area contributed by atoms with Crippen molar-refractivity contribution in [2.75, 3.05) is 0 Å². The summed E-state index contributed by atoms with van der Waals surface area (Å²) in [5.74, 6) is 2.30. The number of carbonyl (C=O) groups is 2. The van der Waals surface area contributed by atoms with E-state index in [9.17, 15) is 19.8 Å². The average molecular weight is 675 g/mol. The van der Waals surface area contributed by atoms with Gasteiger partial charge in [-0.05, 0) is 165 Å². The highest BCUT2D eigenvalue weighted by Gasteiger charge is 2.63. The number of carboxylic acids is 2. The molecule has 3 aromatic carbocycles. The largest absolute Gasteiger partial charge is 0.478 e. The van der Waals surface area contributed by atoms with Gasteiger partial charge in [0.1, 0.15) is 23.0 Å². The smallest absolute Gasteiger partial charge is 0.335 e. The zero-order valence-corrected chi connectivity index (χ0v) is 29.9. The Hall–Kier alpha value is -3.80. The van der Waals surface area contributed by atoms with Gasteiger partial charge < -0.3 is 19.7 Å². The van der Waals surface area contributed by atoms with Crippen LogP contribution < -0.4 is 9.47 Å². The lowest BCUT2D eigenvalue weighted by Gasteiger charge is -2.66. The van der Waals surface area contributed by atoms with E-state index in [1.165, 1.54) is 62.5 Å². The van der Waals surface area contributed by atoms with Crippen molar-refractivity contribution in [1.29, 1.82) is 0 Å². The van der Waals surface area contributed by atoms with Crippen LogP contribution in [0.15, 0.2) is 60.7 Å². The van der Waals surface area contributed by atoms with Crippen molar-refractivity contribution in [3.05, 3.63) is 82.9 Å². The minimum Gasteiger partial charge on any atom is -0.478 e. The Bertz CT molecular complexity index is 1740. The van der Waals surface area contributed by atoms with Crippen LogP contribution in [0.1, 0.15) is 137 Å². The molecule has 0 spiro atoms. The molecule has 3 aromatic rings. The Morgan fingerprint density at radius 2 is 0.860 bits per heavy atom. The molecule has 6 nitrogen and oxygen atoms in total. The standard InChI is InChI=1S/C44H50O6/c1-39-15-27-16-40(2,21-39)24-43(19-27,23-39)33-13-34(44-20-28-17-41(3,25-44)22-42(4,18-28)26-44)36(50-32-11-7-30(8-12-32)38(47)48)14-35(33)49-31-9-5-29(6-10-31)37(45)46/h5-14,27-28H,15-26H2,1-4H3,(H,45,46)(H,47,48). The second kappa shape index (κ2) is 10.4. The van der Waals surface area contributed by atoms with Gasteiger partial charge in [-0.15, -0.1) is 0 Å². The van der Waals surface area contributed by atoms with Crippen LogP contribution in [0.4, 0.5) is 0 Å². The van der Waals surface area contributed by atoms with Crippen molar-refractivity contribution in [2.45, 2.75) is 116 Å². The summed E-state index contributed by atoms with van der Waals surface area (Å²) in [6, 6.07) is 18.1. The molecule has 0 heterocycles. The van der Waals surface area contributed by atoms with Gasteiger partial charge >= 0.3 is 11.9 Å². The van der Waals surface area contributed by atoms with Crippen LogP contribution in [0.3, 0.4) is 0 Å². The van der Waals surface area contributed by atoms with Crippen molar-refractivity contribution < 1.29 is 29.3 Å². The maximum Gasteiger partial charge on any atom is 0.335 e. The molecular weight excluding hydrogens is 624 g/mol. The van der Waals surface area contributed by atoms with Crippen molar-refractivity contribution in [1.82, 2.24) is 0 Å². The first kappa shape index (κ1) is 32.1. The molecule has 0 saturated heterocycles. The van der Waals surface area contributed by atoms with Gasteiger partial charge in [-0.1, -0.05) is 27.7 Å². The van der Waals surface area contributed by atoms with E-state index in [0.717, 1.165) is 37.2 Å². The van der Waals surface area contributed by atoms with E-state index in [2.05, 4.69) is 39.8 Å². The fourth-order valence-electron chi connectivity index (χ4n) is 14.6. The van der Waals surface area contributed by atoms with Crippen LogP contribution in [0.5, 0.6) is 23.0 Å². The number of hydrogen-bond donors (Lipinski definition) is 2. The summed E-state index contributed by atoms with van der Waals surface area (Å²) < 4.78 is 13.8. The van der Waals surface area contributed by atoms with E-state index in [0.29, 0.717) is 45.0 Å². The minimum atomic E-state index is -0.959. The van der Waals surface area contributed by atoms with Gasteiger partial charge in [0, 0.05) is 28.0 Å². The Labute approximate surface area is 295 Å². The summed E-state index contributed by atoms with van der Waals surface area (Å²) in [7, 11) is 0. The van der Waals surface area contributed by atoms with Gasteiger partial charge in [0.15, 0.2) is 0 Å². The third-order valence-electron chi connectivity index (χ3n) is 14.1. The molecule has 0 amide bonds. The Kier molecular flexibility index (Phi) is 6.68. The molecule has 4 unspecified atom stereocenters. The number of benzene rings is 3. The van der Waals surface area contributed by atoms with Crippen LogP contribution in [0.2, 0.25) is 0 Å². The molecular formula is C44H50O6. The van der Waals surface area contributed by atoms with Crippen LogP contribution in [0, 0.1) is 33.5 Å². The highest BCUT2D eigenvalue weighted by atomic mass is 16.5. The number of aromatic carboxylic acids is 2. The lowest BCUT2D eigenvalue weighted by molar-refractivity contribution is -0.112. The van der Waals surface area contributed by atoms with E-state index in [1.807, 2.05) is 0 Å². The zero-order valence-electron chi connectivity index (χ0n) is 29.9. The lowest BCUT2D eigenvalue weighted by atomic mass is 9.38. The molecule has 11 rings (SSSR count). The van der Waals surface area contributed by atoms with E-state index in [4.69, 9.17) is 9.47 Å². The predicted octanol–water partition coefficient (Wildman–Crippen LogP) is 11.2. The van der Waals surface area contributed by atoms with Crippen LogP contribution >= 0.6 is 0 Å². The number of rotatable bonds is 8. The van der Waals surface area contributed by atoms with E-state index in [-0.39, 0.29) is 22.0 Å². The molecule has 0 radical (unpaired) electrons. The summed E-state index contributed by atoms with van der Waals surface area (Å²) in [5.41, 5.74) is 4.26. The van der Waals surface area contributed by atoms with E-state index in [1.54, 1.807) is 48.5 Å². The van der Waals surface area contributed by atoms with Gasteiger partial charge in [-0.2, -0.15) is 0 Å². The highest BCUT2D eigenvalue weighted by Crippen LogP contribution is 2.73.